The van der Waals surface area contributed by atoms with Gasteiger partial charge in [-0.3, -0.25) is 4.90 Å². The fraction of sp³-hybridized carbons (Fsp3) is 0.389. The SMILES string of the molecule is Fc1ccc(C(CNC(=S)NCc2ccco2)N2CCOCC2)cc1. The van der Waals surface area contributed by atoms with Crippen LogP contribution in [0.15, 0.2) is 47.1 Å². The molecule has 25 heavy (non-hydrogen) atoms. The molecule has 1 saturated heterocycles. The molecule has 2 aromatic rings. The topological polar surface area (TPSA) is 49.7 Å². The van der Waals surface area contributed by atoms with Crippen LogP contribution in [0.3, 0.4) is 0 Å². The van der Waals surface area contributed by atoms with Gasteiger partial charge in [-0.15, -0.1) is 0 Å². The molecule has 3 rings (SSSR count). The van der Waals surface area contributed by atoms with Gasteiger partial charge in [-0.1, -0.05) is 12.1 Å². The first kappa shape index (κ1) is 17.8. The van der Waals surface area contributed by atoms with Crippen molar-refractivity contribution in [1.82, 2.24) is 15.5 Å². The number of thiocarbonyl (C=S) groups is 1. The highest BCUT2D eigenvalue weighted by Gasteiger charge is 2.22. The van der Waals surface area contributed by atoms with Crippen molar-refractivity contribution in [1.29, 1.82) is 0 Å². The maximum absolute atomic E-state index is 13.3. The van der Waals surface area contributed by atoms with Crippen LogP contribution in [0.1, 0.15) is 17.4 Å². The third kappa shape index (κ3) is 5.26. The predicted molar refractivity (Wildman–Crippen MR) is 97.7 cm³/mol. The maximum atomic E-state index is 13.3. The second-order valence-electron chi connectivity index (χ2n) is 5.86. The van der Waals surface area contributed by atoms with E-state index in [9.17, 15) is 4.39 Å². The first-order chi connectivity index (χ1) is 12.2. The van der Waals surface area contributed by atoms with Gasteiger partial charge in [0.05, 0.1) is 32.1 Å². The molecular weight excluding hydrogens is 341 g/mol. The van der Waals surface area contributed by atoms with Crippen LogP contribution in [0.5, 0.6) is 0 Å². The Balaban J connectivity index is 1.58. The molecule has 0 bridgehead atoms. The molecular formula is C18H22FN3O2S. The van der Waals surface area contributed by atoms with E-state index in [1.807, 2.05) is 24.3 Å². The Labute approximate surface area is 152 Å². The van der Waals surface area contributed by atoms with Crippen LogP contribution < -0.4 is 10.6 Å². The summed E-state index contributed by atoms with van der Waals surface area (Å²) in [6.07, 6.45) is 1.64. The number of furan rings is 1. The molecule has 1 unspecified atom stereocenters. The molecule has 0 spiro atoms. The van der Waals surface area contributed by atoms with Crippen molar-refractivity contribution >= 4 is 17.3 Å². The van der Waals surface area contributed by atoms with E-state index in [0.29, 0.717) is 31.4 Å². The highest BCUT2D eigenvalue weighted by atomic mass is 32.1. The van der Waals surface area contributed by atoms with Crippen molar-refractivity contribution in [3.05, 3.63) is 59.8 Å². The van der Waals surface area contributed by atoms with Crippen molar-refractivity contribution < 1.29 is 13.5 Å². The molecule has 1 aliphatic rings. The molecule has 0 saturated carbocycles. The number of hydrogen-bond donors (Lipinski definition) is 2. The molecule has 1 aromatic heterocycles. The molecule has 0 radical (unpaired) electrons. The quantitative estimate of drug-likeness (QED) is 0.769. The summed E-state index contributed by atoms with van der Waals surface area (Å²) in [5.41, 5.74) is 1.06. The minimum atomic E-state index is -0.229. The van der Waals surface area contributed by atoms with Gasteiger partial charge in [-0.05, 0) is 42.0 Å². The molecule has 1 aromatic carbocycles. The third-order valence-electron chi connectivity index (χ3n) is 4.20. The van der Waals surface area contributed by atoms with Gasteiger partial charge in [-0.2, -0.15) is 0 Å². The number of nitrogens with zero attached hydrogens (tertiary/aromatic N) is 1. The molecule has 1 atom stereocenters. The van der Waals surface area contributed by atoms with Gasteiger partial charge in [-0.25, -0.2) is 4.39 Å². The number of rotatable bonds is 6. The van der Waals surface area contributed by atoms with Gasteiger partial charge in [0.2, 0.25) is 0 Å². The Morgan fingerprint density at radius 3 is 2.60 bits per heavy atom. The summed E-state index contributed by atoms with van der Waals surface area (Å²) in [6, 6.07) is 10.5. The van der Waals surface area contributed by atoms with Crippen LogP contribution in [0.4, 0.5) is 4.39 Å². The van der Waals surface area contributed by atoms with E-state index in [4.69, 9.17) is 21.4 Å². The molecule has 7 heteroatoms. The summed E-state index contributed by atoms with van der Waals surface area (Å²) in [4.78, 5) is 2.33. The average molecular weight is 363 g/mol. The second-order valence-corrected chi connectivity index (χ2v) is 6.27. The maximum Gasteiger partial charge on any atom is 0.166 e. The standard InChI is InChI=1S/C18H22FN3O2S/c19-15-5-3-14(4-6-15)17(22-7-10-23-11-8-22)13-21-18(25)20-12-16-2-1-9-24-16/h1-6,9,17H,7-8,10-13H2,(H2,20,21,25). The van der Waals surface area contributed by atoms with Gasteiger partial charge < -0.3 is 19.8 Å². The lowest BCUT2D eigenvalue weighted by atomic mass is 10.0. The normalized spacial score (nSPS) is 16.4. The Kier molecular flexibility index (Phi) is 6.38. The van der Waals surface area contributed by atoms with Gasteiger partial charge in [0, 0.05) is 19.6 Å². The largest absolute Gasteiger partial charge is 0.467 e. The lowest BCUT2D eigenvalue weighted by Crippen LogP contribution is -2.45. The lowest BCUT2D eigenvalue weighted by molar-refractivity contribution is 0.0170. The zero-order valence-corrected chi connectivity index (χ0v) is 14.7. The summed E-state index contributed by atoms with van der Waals surface area (Å²) < 4.78 is 24.0. The zero-order chi connectivity index (χ0) is 17.5. The van der Waals surface area contributed by atoms with Crippen molar-refractivity contribution in [3.63, 3.8) is 0 Å². The highest BCUT2D eigenvalue weighted by Crippen LogP contribution is 2.21. The fourth-order valence-electron chi connectivity index (χ4n) is 2.86. The van der Waals surface area contributed by atoms with E-state index in [1.165, 1.54) is 12.1 Å². The van der Waals surface area contributed by atoms with Gasteiger partial charge in [0.25, 0.3) is 0 Å². The van der Waals surface area contributed by atoms with Crippen LogP contribution in [0, 0.1) is 5.82 Å². The average Bonchev–Trinajstić information content (AvgIpc) is 3.16. The number of halogens is 1. The van der Waals surface area contributed by atoms with Crippen molar-refractivity contribution in [2.24, 2.45) is 0 Å². The summed E-state index contributed by atoms with van der Waals surface area (Å²) in [5, 5.41) is 6.95. The monoisotopic (exact) mass is 363 g/mol. The molecule has 1 aliphatic heterocycles. The number of morpholine rings is 1. The number of nitrogens with one attached hydrogen (secondary N) is 2. The van der Waals surface area contributed by atoms with Gasteiger partial charge in [0.1, 0.15) is 11.6 Å². The van der Waals surface area contributed by atoms with E-state index in [1.54, 1.807) is 6.26 Å². The summed E-state index contributed by atoms with van der Waals surface area (Å²) in [7, 11) is 0. The lowest BCUT2D eigenvalue weighted by Gasteiger charge is -2.35. The number of hydrogen-bond acceptors (Lipinski definition) is 4. The smallest absolute Gasteiger partial charge is 0.166 e. The number of benzene rings is 1. The molecule has 0 amide bonds. The van der Waals surface area contributed by atoms with Crippen molar-refractivity contribution in [3.8, 4) is 0 Å². The van der Waals surface area contributed by atoms with Crippen LogP contribution in [0.2, 0.25) is 0 Å². The minimum Gasteiger partial charge on any atom is -0.467 e. The van der Waals surface area contributed by atoms with Crippen LogP contribution in [-0.4, -0.2) is 42.9 Å². The first-order valence-corrected chi connectivity index (χ1v) is 8.74. The zero-order valence-electron chi connectivity index (χ0n) is 13.9. The second kappa shape index (κ2) is 8.94. The van der Waals surface area contributed by atoms with E-state index < -0.39 is 0 Å². The summed E-state index contributed by atoms with van der Waals surface area (Å²) in [5.74, 6) is 0.598. The molecule has 134 valence electrons. The molecule has 2 heterocycles. The fourth-order valence-corrected chi connectivity index (χ4v) is 3.02. The van der Waals surface area contributed by atoms with Gasteiger partial charge >= 0.3 is 0 Å². The van der Waals surface area contributed by atoms with E-state index in [-0.39, 0.29) is 11.9 Å². The minimum absolute atomic E-state index is 0.105. The Morgan fingerprint density at radius 2 is 1.92 bits per heavy atom. The summed E-state index contributed by atoms with van der Waals surface area (Å²) in [6.45, 7) is 4.28. The van der Waals surface area contributed by atoms with E-state index in [2.05, 4.69) is 15.5 Å². The molecule has 2 N–H and O–H groups in total. The van der Waals surface area contributed by atoms with Crippen LogP contribution in [0.25, 0.3) is 0 Å². The summed E-state index contributed by atoms with van der Waals surface area (Å²) >= 11 is 5.35. The molecule has 1 fully saturated rings. The van der Waals surface area contributed by atoms with Crippen molar-refractivity contribution in [2.75, 3.05) is 32.8 Å². The van der Waals surface area contributed by atoms with Crippen LogP contribution >= 0.6 is 12.2 Å². The first-order valence-electron chi connectivity index (χ1n) is 8.34. The predicted octanol–water partition coefficient (Wildman–Crippen LogP) is 2.46. The molecule has 0 aliphatic carbocycles. The van der Waals surface area contributed by atoms with Crippen LogP contribution in [-0.2, 0) is 11.3 Å². The highest BCUT2D eigenvalue weighted by molar-refractivity contribution is 7.80. The van der Waals surface area contributed by atoms with E-state index >= 15 is 0 Å². The van der Waals surface area contributed by atoms with Gasteiger partial charge in [0.15, 0.2) is 5.11 Å². The third-order valence-corrected chi connectivity index (χ3v) is 4.49. The molecule has 5 nitrogen and oxygen atoms in total. The Bertz CT molecular complexity index is 657. The van der Waals surface area contributed by atoms with E-state index in [0.717, 1.165) is 24.4 Å². The Hall–Kier alpha value is -1.96. The number of ether oxygens (including phenoxy) is 1. The Morgan fingerprint density at radius 1 is 1.16 bits per heavy atom. The van der Waals surface area contributed by atoms with Crippen molar-refractivity contribution in [2.45, 2.75) is 12.6 Å².